The lowest BCUT2D eigenvalue weighted by atomic mass is 9.98. The number of methoxy groups -OCH3 is 1. The van der Waals surface area contributed by atoms with Crippen LogP contribution in [0.1, 0.15) is 37.7 Å². The monoisotopic (exact) mass is 263 g/mol. The number of hydrogen-bond acceptors (Lipinski definition) is 3. The van der Waals surface area contributed by atoms with Crippen LogP contribution in [-0.2, 0) is 16.1 Å². The summed E-state index contributed by atoms with van der Waals surface area (Å²) in [4.78, 5) is 11.7. The van der Waals surface area contributed by atoms with Crippen LogP contribution >= 0.6 is 0 Å². The summed E-state index contributed by atoms with van der Waals surface area (Å²) in [6, 6.07) is 7.58. The number of benzene rings is 1. The number of nitrogens with one attached hydrogen (secondary N) is 1. The van der Waals surface area contributed by atoms with Gasteiger partial charge in [0.1, 0.15) is 6.10 Å². The van der Waals surface area contributed by atoms with E-state index in [9.17, 15) is 4.79 Å². The van der Waals surface area contributed by atoms with Crippen LogP contribution in [0.15, 0.2) is 24.3 Å². The van der Waals surface area contributed by atoms with Gasteiger partial charge < -0.3 is 9.47 Å². The average Bonchev–Trinajstić information content (AvgIpc) is 2.42. The second-order valence-corrected chi connectivity index (χ2v) is 4.92. The summed E-state index contributed by atoms with van der Waals surface area (Å²) in [5.74, 6) is 0. The molecule has 1 N–H and O–H groups in total. The van der Waals surface area contributed by atoms with Gasteiger partial charge in [0.25, 0.3) is 0 Å². The van der Waals surface area contributed by atoms with Crippen LogP contribution < -0.4 is 5.32 Å². The van der Waals surface area contributed by atoms with Crippen molar-refractivity contribution in [2.45, 2.75) is 44.8 Å². The average molecular weight is 263 g/mol. The minimum Gasteiger partial charge on any atom is -0.446 e. The van der Waals surface area contributed by atoms with Crippen LogP contribution in [0.3, 0.4) is 0 Å². The fourth-order valence-corrected chi connectivity index (χ4v) is 2.33. The minimum absolute atomic E-state index is 0.0847. The van der Waals surface area contributed by atoms with Crippen molar-refractivity contribution in [1.82, 2.24) is 0 Å². The third kappa shape index (κ3) is 4.56. The van der Waals surface area contributed by atoms with Gasteiger partial charge in [-0.3, -0.25) is 5.32 Å². The molecular weight excluding hydrogens is 242 g/mol. The van der Waals surface area contributed by atoms with Gasteiger partial charge in [0, 0.05) is 12.8 Å². The number of ether oxygens (including phenoxy) is 2. The predicted octanol–water partition coefficient (Wildman–Crippen LogP) is 3.71. The Labute approximate surface area is 114 Å². The number of rotatable bonds is 4. The van der Waals surface area contributed by atoms with Gasteiger partial charge >= 0.3 is 6.09 Å². The Morgan fingerprint density at radius 3 is 2.53 bits per heavy atom. The van der Waals surface area contributed by atoms with Gasteiger partial charge in [-0.1, -0.05) is 18.6 Å². The van der Waals surface area contributed by atoms with Gasteiger partial charge in [0.15, 0.2) is 0 Å². The van der Waals surface area contributed by atoms with Crippen molar-refractivity contribution in [1.29, 1.82) is 0 Å². The lowest BCUT2D eigenvalue weighted by Gasteiger charge is -2.21. The van der Waals surface area contributed by atoms with Crippen molar-refractivity contribution >= 4 is 11.8 Å². The molecule has 1 aromatic rings. The molecule has 1 aliphatic carbocycles. The zero-order valence-electron chi connectivity index (χ0n) is 11.4. The zero-order chi connectivity index (χ0) is 13.5. The molecule has 1 aromatic carbocycles. The molecule has 0 aromatic heterocycles. The van der Waals surface area contributed by atoms with E-state index in [1.54, 1.807) is 7.11 Å². The summed E-state index contributed by atoms with van der Waals surface area (Å²) in [6.45, 7) is 0.576. The van der Waals surface area contributed by atoms with Crippen LogP contribution in [0, 0.1) is 0 Å². The van der Waals surface area contributed by atoms with Gasteiger partial charge in [-0.15, -0.1) is 0 Å². The molecule has 0 radical (unpaired) electrons. The lowest BCUT2D eigenvalue weighted by molar-refractivity contribution is 0.0865. The van der Waals surface area contributed by atoms with Crippen LogP contribution in [0.4, 0.5) is 10.5 Å². The third-order valence-corrected chi connectivity index (χ3v) is 3.34. The zero-order valence-corrected chi connectivity index (χ0v) is 11.4. The van der Waals surface area contributed by atoms with E-state index < -0.39 is 0 Å². The Morgan fingerprint density at radius 1 is 1.21 bits per heavy atom. The molecule has 0 aliphatic heterocycles. The minimum atomic E-state index is -0.355. The molecule has 1 fully saturated rings. The number of carbonyl (C=O) groups is 1. The highest BCUT2D eigenvalue weighted by molar-refractivity contribution is 5.84. The first-order chi connectivity index (χ1) is 9.28. The maximum atomic E-state index is 11.7. The Balaban J connectivity index is 1.80. The van der Waals surface area contributed by atoms with E-state index in [0.717, 1.165) is 36.9 Å². The summed E-state index contributed by atoms with van der Waals surface area (Å²) in [7, 11) is 1.66. The molecule has 1 aliphatic rings. The predicted molar refractivity (Wildman–Crippen MR) is 74.1 cm³/mol. The Hall–Kier alpha value is -1.55. The molecular formula is C15H21NO3. The van der Waals surface area contributed by atoms with Gasteiger partial charge in [-0.05, 0) is 43.4 Å². The van der Waals surface area contributed by atoms with Gasteiger partial charge in [0.05, 0.1) is 6.61 Å². The molecule has 0 spiro atoms. The molecule has 1 amide bonds. The second kappa shape index (κ2) is 7.14. The topological polar surface area (TPSA) is 47.6 Å². The molecule has 0 heterocycles. The molecule has 4 heteroatoms. The van der Waals surface area contributed by atoms with Crippen LogP contribution in [0.2, 0.25) is 0 Å². The van der Waals surface area contributed by atoms with E-state index in [-0.39, 0.29) is 12.2 Å². The molecule has 0 bridgehead atoms. The number of carbonyl (C=O) groups excluding carboxylic acids is 1. The summed E-state index contributed by atoms with van der Waals surface area (Å²) >= 11 is 0. The quantitative estimate of drug-likeness (QED) is 0.900. The van der Waals surface area contributed by atoms with Crippen molar-refractivity contribution in [3.63, 3.8) is 0 Å². The molecule has 1 saturated carbocycles. The van der Waals surface area contributed by atoms with E-state index in [1.807, 2.05) is 24.3 Å². The molecule has 0 atom stereocenters. The van der Waals surface area contributed by atoms with Crippen LogP contribution in [-0.4, -0.2) is 19.3 Å². The Morgan fingerprint density at radius 2 is 1.89 bits per heavy atom. The Kier molecular flexibility index (Phi) is 5.21. The van der Waals surface area contributed by atoms with Crippen molar-refractivity contribution in [2.75, 3.05) is 12.4 Å². The summed E-state index contributed by atoms with van der Waals surface area (Å²) < 4.78 is 10.4. The summed E-state index contributed by atoms with van der Waals surface area (Å²) in [5, 5.41) is 2.76. The van der Waals surface area contributed by atoms with E-state index in [2.05, 4.69) is 5.32 Å². The lowest BCUT2D eigenvalue weighted by Crippen LogP contribution is -2.24. The van der Waals surface area contributed by atoms with E-state index in [4.69, 9.17) is 9.47 Å². The molecule has 0 saturated heterocycles. The van der Waals surface area contributed by atoms with E-state index >= 15 is 0 Å². The highest BCUT2D eigenvalue weighted by Crippen LogP contribution is 2.21. The smallest absolute Gasteiger partial charge is 0.411 e. The van der Waals surface area contributed by atoms with Gasteiger partial charge in [0.2, 0.25) is 0 Å². The fourth-order valence-electron chi connectivity index (χ4n) is 2.33. The summed E-state index contributed by atoms with van der Waals surface area (Å²) in [6.07, 6.45) is 5.27. The van der Waals surface area contributed by atoms with Crippen molar-refractivity contribution in [3.05, 3.63) is 29.8 Å². The first-order valence-corrected chi connectivity index (χ1v) is 6.83. The van der Waals surface area contributed by atoms with Crippen molar-refractivity contribution < 1.29 is 14.3 Å². The van der Waals surface area contributed by atoms with Gasteiger partial charge in [-0.25, -0.2) is 4.79 Å². The molecule has 104 valence electrons. The van der Waals surface area contributed by atoms with Crippen LogP contribution in [0.25, 0.3) is 0 Å². The second-order valence-electron chi connectivity index (χ2n) is 4.92. The maximum Gasteiger partial charge on any atom is 0.411 e. The van der Waals surface area contributed by atoms with E-state index in [0.29, 0.717) is 6.61 Å². The highest BCUT2D eigenvalue weighted by atomic mass is 16.6. The Bertz CT molecular complexity index is 396. The molecule has 19 heavy (non-hydrogen) atoms. The SMILES string of the molecule is COCc1ccc(NC(=O)OC2CCCCC2)cc1. The fraction of sp³-hybridized carbons (Fsp3) is 0.533. The normalized spacial score (nSPS) is 16.1. The van der Waals surface area contributed by atoms with E-state index in [1.165, 1.54) is 6.42 Å². The third-order valence-electron chi connectivity index (χ3n) is 3.34. The standard InChI is InChI=1S/C15H21NO3/c1-18-11-12-7-9-13(10-8-12)16-15(17)19-14-5-3-2-4-6-14/h7-10,14H,2-6,11H2,1H3,(H,16,17). The number of amides is 1. The maximum absolute atomic E-state index is 11.7. The van der Waals surface area contributed by atoms with Crippen molar-refractivity contribution in [3.8, 4) is 0 Å². The molecule has 0 unspecified atom stereocenters. The first kappa shape index (κ1) is 13.9. The van der Waals surface area contributed by atoms with Gasteiger partial charge in [-0.2, -0.15) is 0 Å². The summed E-state index contributed by atoms with van der Waals surface area (Å²) in [5.41, 5.74) is 1.83. The highest BCUT2D eigenvalue weighted by Gasteiger charge is 2.17. The van der Waals surface area contributed by atoms with Crippen LogP contribution in [0.5, 0.6) is 0 Å². The first-order valence-electron chi connectivity index (χ1n) is 6.83. The number of anilines is 1. The number of hydrogen-bond donors (Lipinski definition) is 1. The largest absolute Gasteiger partial charge is 0.446 e. The van der Waals surface area contributed by atoms with Crippen molar-refractivity contribution in [2.24, 2.45) is 0 Å². The molecule has 2 rings (SSSR count). The molecule has 4 nitrogen and oxygen atoms in total.